The lowest BCUT2D eigenvalue weighted by Crippen LogP contribution is -2.67. The molecule has 0 radical (unpaired) electrons. The van der Waals surface area contributed by atoms with Crippen molar-refractivity contribution in [2.75, 3.05) is 0 Å². The Balaban J connectivity index is 1.93. The molecule has 0 aromatic rings. The minimum atomic E-state index is -2.39. The Morgan fingerprint density at radius 1 is 1.08 bits per heavy atom. The molecule has 0 atom stereocenters. The third-order valence-electron chi connectivity index (χ3n) is 3.83. The van der Waals surface area contributed by atoms with Gasteiger partial charge in [-0.25, -0.2) is 8.78 Å². The van der Waals surface area contributed by atoms with E-state index in [0.717, 1.165) is 12.8 Å². The molecule has 13 heavy (non-hydrogen) atoms. The van der Waals surface area contributed by atoms with Crippen LogP contribution in [-0.4, -0.2) is 11.5 Å². The van der Waals surface area contributed by atoms with Gasteiger partial charge in [-0.15, -0.1) is 0 Å². The Morgan fingerprint density at radius 3 is 1.85 bits per heavy atom. The molecule has 0 heterocycles. The van der Waals surface area contributed by atoms with Crippen molar-refractivity contribution >= 4 is 0 Å². The van der Waals surface area contributed by atoms with Crippen LogP contribution in [0.2, 0.25) is 0 Å². The molecule has 3 heteroatoms. The molecule has 2 aliphatic carbocycles. The van der Waals surface area contributed by atoms with Crippen molar-refractivity contribution in [1.29, 1.82) is 0 Å². The Kier molecular flexibility index (Phi) is 1.62. The third-order valence-corrected chi connectivity index (χ3v) is 3.83. The number of rotatable bonds is 1. The molecule has 2 saturated carbocycles. The van der Waals surface area contributed by atoms with E-state index in [1.54, 1.807) is 0 Å². The van der Waals surface area contributed by atoms with Crippen molar-refractivity contribution in [2.24, 2.45) is 17.1 Å². The van der Waals surface area contributed by atoms with Crippen LogP contribution in [0, 0.1) is 11.3 Å². The molecular weight excluding hydrogens is 172 g/mol. The maximum absolute atomic E-state index is 12.7. The van der Waals surface area contributed by atoms with Crippen LogP contribution in [0.15, 0.2) is 0 Å². The van der Waals surface area contributed by atoms with Crippen LogP contribution in [0.1, 0.15) is 39.5 Å². The van der Waals surface area contributed by atoms with Gasteiger partial charge in [0, 0.05) is 18.4 Å². The summed E-state index contributed by atoms with van der Waals surface area (Å²) in [5.41, 5.74) is 5.84. The number of hydrogen-bond acceptors (Lipinski definition) is 1. The van der Waals surface area contributed by atoms with Crippen LogP contribution in [-0.2, 0) is 0 Å². The van der Waals surface area contributed by atoms with Gasteiger partial charge in [-0.05, 0) is 24.2 Å². The maximum atomic E-state index is 12.7. The average molecular weight is 189 g/mol. The lowest BCUT2D eigenvalue weighted by Gasteiger charge is -2.63. The molecule has 0 aromatic heterocycles. The van der Waals surface area contributed by atoms with Crippen molar-refractivity contribution < 1.29 is 8.78 Å². The first kappa shape index (κ1) is 9.38. The zero-order chi connectivity index (χ0) is 9.91. The summed E-state index contributed by atoms with van der Waals surface area (Å²) in [5, 5.41) is 0. The van der Waals surface area contributed by atoms with E-state index in [2.05, 4.69) is 13.8 Å². The van der Waals surface area contributed by atoms with Crippen molar-refractivity contribution in [3.05, 3.63) is 0 Å². The fraction of sp³-hybridized carbons (Fsp3) is 1.00. The van der Waals surface area contributed by atoms with Gasteiger partial charge in [0.2, 0.25) is 5.92 Å². The predicted octanol–water partition coefficient (Wildman–Crippen LogP) is 2.55. The Morgan fingerprint density at radius 2 is 1.54 bits per heavy atom. The Bertz CT molecular complexity index is 219. The summed E-state index contributed by atoms with van der Waals surface area (Å²) in [6, 6.07) is 0. The first-order valence-corrected chi connectivity index (χ1v) is 4.94. The molecule has 0 aromatic carbocycles. The van der Waals surface area contributed by atoms with Gasteiger partial charge < -0.3 is 5.73 Å². The van der Waals surface area contributed by atoms with Gasteiger partial charge in [-0.1, -0.05) is 13.8 Å². The lowest BCUT2D eigenvalue weighted by atomic mass is 9.45. The number of hydrogen-bond donors (Lipinski definition) is 1. The van der Waals surface area contributed by atoms with Crippen LogP contribution in [0.3, 0.4) is 0 Å². The first-order valence-electron chi connectivity index (χ1n) is 4.94. The summed E-state index contributed by atoms with van der Waals surface area (Å²) >= 11 is 0. The number of alkyl halides is 2. The Labute approximate surface area is 77.7 Å². The molecule has 76 valence electrons. The normalized spacial score (nSPS) is 32.8. The second kappa shape index (κ2) is 2.25. The summed E-state index contributed by atoms with van der Waals surface area (Å²) < 4.78 is 25.3. The van der Waals surface area contributed by atoms with E-state index >= 15 is 0 Å². The molecule has 2 aliphatic rings. The average Bonchev–Trinajstić information content (AvgIpc) is 1.78. The van der Waals surface area contributed by atoms with Gasteiger partial charge in [-0.3, -0.25) is 0 Å². The minimum Gasteiger partial charge on any atom is -0.325 e. The fourth-order valence-corrected chi connectivity index (χ4v) is 3.05. The van der Waals surface area contributed by atoms with E-state index < -0.39 is 5.92 Å². The second-order valence-electron chi connectivity index (χ2n) is 5.45. The van der Waals surface area contributed by atoms with Crippen LogP contribution >= 0.6 is 0 Å². The van der Waals surface area contributed by atoms with Crippen LogP contribution in [0.4, 0.5) is 8.78 Å². The van der Waals surface area contributed by atoms with E-state index in [1.807, 2.05) is 0 Å². The monoisotopic (exact) mass is 189 g/mol. The van der Waals surface area contributed by atoms with Gasteiger partial charge in [0.1, 0.15) is 0 Å². The van der Waals surface area contributed by atoms with Crippen LogP contribution < -0.4 is 5.73 Å². The molecule has 0 bridgehead atoms. The summed E-state index contributed by atoms with van der Waals surface area (Å²) in [6.07, 6.45) is 1.75. The van der Waals surface area contributed by atoms with Crippen molar-refractivity contribution in [3.63, 3.8) is 0 Å². The molecular formula is C10H17F2N. The highest BCUT2D eigenvalue weighted by Gasteiger charge is 2.66. The molecule has 0 aliphatic heterocycles. The summed E-state index contributed by atoms with van der Waals surface area (Å²) in [6.45, 7) is 4.15. The molecule has 0 amide bonds. The first-order chi connectivity index (χ1) is 5.77. The van der Waals surface area contributed by atoms with Gasteiger partial charge >= 0.3 is 0 Å². The molecule has 2 rings (SSSR count). The van der Waals surface area contributed by atoms with Crippen LogP contribution in [0.5, 0.6) is 0 Å². The zero-order valence-corrected chi connectivity index (χ0v) is 8.24. The highest BCUT2D eigenvalue weighted by molar-refractivity contribution is 5.15. The van der Waals surface area contributed by atoms with E-state index in [1.165, 1.54) is 0 Å². The quantitative estimate of drug-likeness (QED) is 0.674. The smallest absolute Gasteiger partial charge is 0.249 e. The van der Waals surface area contributed by atoms with Gasteiger partial charge in [-0.2, -0.15) is 0 Å². The molecule has 1 spiro atoms. The van der Waals surface area contributed by atoms with E-state index in [0.29, 0.717) is 5.92 Å². The highest BCUT2D eigenvalue weighted by Crippen LogP contribution is 2.66. The standard InChI is InChI=1S/C10H17F2N/c1-7(2)9(13)3-8(4-9)5-10(11,12)6-8/h7H,3-6,13H2,1-2H3. The highest BCUT2D eigenvalue weighted by atomic mass is 19.3. The van der Waals surface area contributed by atoms with Gasteiger partial charge in [0.15, 0.2) is 0 Å². The summed E-state index contributed by atoms with van der Waals surface area (Å²) in [5.74, 6) is -1.98. The molecule has 0 saturated heterocycles. The van der Waals surface area contributed by atoms with Crippen molar-refractivity contribution in [2.45, 2.75) is 51.0 Å². The zero-order valence-electron chi connectivity index (χ0n) is 8.24. The minimum absolute atomic E-state index is 0.0751. The van der Waals surface area contributed by atoms with Gasteiger partial charge in [0.05, 0.1) is 0 Å². The van der Waals surface area contributed by atoms with Crippen LogP contribution in [0.25, 0.3) is 0 Å². The summed E-state index contributed by atoms with van der Waals surface area (Å²) in [4.78, 5) is 0. The molecule has 0 unspecified atom stereocenters. The molecule has 2 N–H and O–H groups in total. The fourth-order valence-electron chi connectivity index (χ4n) is 3.05. The number of halogens is 2. The lowest BCUT2D eigenvalue weighted by molar-refractivity contribution is -0.217. The van der Waals surface area contributed by atoms with Gasteiger partial charge in [0.25, 0.3) is 0 Å². The molecule has 1 nitrogen and oxygen atoms in total. The van der Waals surface area contributed by atoms with E-state index in [4.69, 9.17) is 5.73 Å². The number of nitrogens with two attached hydrogens (primary N) is 1. The molecule has 2 fully saturated rings. The Hall–Kier alpha value is -0.180. The third kappa shape index (κ3) is 1.28. The predicted molar refractivity (Wildman–Crippen MR) is 47.6 cm³/mol. The second-order valence-corrected chi connectivity index (χ2v) is 5.45. The summed E-state index contributed by atoms with van der Waals surface area (Å²) in [7, 11) is 0. The van der Waals surface area contributed by atoms with Crippen molar-refractivity contribution in [1.82, 2.24) is 0 Å². The SMILES string of the molecule is CC(C)C1(N)CC2(CC(F)(F)C2)C1. The topological polar surface area (TPSA) is 26.0 Å². The largest absolute Gasteiger partial charge is 0.325 e. The van der Waals surface area contributed by atoms with E-state index in [-0.39, 0.29) is 23.8 Å². The van der Waals surface area contributed by atoms with E-state index in [9.17, 15) is 8.78 Å². The maximum Gasteiger partial charge on any atom is 0.249 e. The van der Waals surface area contributed by atoms with Crippen molar-refractivity contribution in [3.8, 4) is 0 Å².